The van der Waals surface area contributed by atoms with Crippen LogP contribution in [0.25, 0.3) is 0 Å². The highest BCUT2D eigenvalue weighted by Gasteiger charge is 2.42. The van der Waals surface area contributed by atoms with E-state index in [9.17, 15) is 67.7 Å². The van der Waals surface area contributed by atoms with Crippen molar-refractivity contribution in [1.82, 2.24) is 58.1 Å². The maximum Gasteiger partial charge on any atom is 0.326 e. The Morgan fingerprint density at radius 2 is 0.784 bits per heavy atom. The van der Waals surface area contributed by atoms with Crippen LogP contribution in [0.2, 0.25) is 0 Å². The number of aliphatic imine (C=N–C) groups is 1. The molecule has 1 fully saturated rings. The molecule has 0 aromatic rings. The van der Waals surface area contributed by atoms with Crippen LogP contribution in [-0.4, -0.2) is 204 Å². The maximum absolute atomic E-state index is 14.7. The summed E-state index contributed by atoms with van der Waals surface area (Å²) in [5, 5.41) is 46.7. The van der Waals surface area contributed by atoms with Gasteiger partial charge in [-0.05, 0) is 158 Å². The Hall–Kier alpha value is -7.29. The standard InChI is InChI=1S/C65H122N18O14/c1-35(2)31-41(69)53(85)80-50(38(7)8)61(93)75-44(23-15-18-28-68)57(89)82-52(40(11)12)63(95)83-30-20-25-49(83)60(92)77-46(32-36(3)4)58(90)81-51(39(9)10)62(94)76-45(24-19-29-72-65(70)71)55(87)73-42(21-13-16-26-66)54(86)74-43(22-14-17-27-67)56(88)79-48(34-84)59(91)78-47(64(96)97)33-37(5)6/h35-52,84H,13-34,66-69H2,1-12H3,(H,73,87)(H,74,86)(H,75,93)(H,76,94)(H,77,92)(H,78,91)(H,79,88)(H,80,85)(H,81,90)(H,82,89)(H,96,97)(H4,70,71,72). The molecule has 0 radical (unpaired) electrons. The van der Waals surface area contributed by atoms with Gasteiger partial charge < -0.3 is 103 Å². The molecule has 97 heavy (non-hydrogen) atoms. The summed E-state index contributed by atoms with van der Waals surface area (Å²) >= 11 is 0. The summed E-state index contributed by atoms with van der Waals surface area (Å²) in [5.74, 6) is -11.4. The fourth-order valence-electron chi connectivity index (χ4n) is 11.0. The molecule has 0 spiro atoms. The summed E-state index contributed by atoms with van der Waals surface area (Å²) in [6.45, 7) is 21.2. The molecule has 0 saturated carbocycles. The number of nitrogens with two attached hydrogens (primary N) is 6. The number of aliphatic hydroxyl groups is 1. The summed E-state index contributed by atoms with van der Waals surface area (Å²) in [5.41, 5.74) is 34.7. The molecule has 0 bridgehead atoms. The third-order valence-corrected chi connectivity index (χ3v) is 16.4. The van der Waals surface area contributed by atoms with Gasteiger partial charge in [-0.3, -0.25) is 57.7 Å². The molecule has 12 unspecified atom stereocenters. The summed E-state index contributed by atoms with van der Waals surface area (Å²) in [6, 6.07) is -14.9. The number of aliphatic carboxylic acids is 1. The zero-order valence-electron chi connectivity index (χ0n) is 59.6. The Bertz CT molecular complexity index is 2550. The van der Waals surface area contributed by atoms with Crippen molar-refractivity contribution in [2.45, 2.75) is 258 Å². The number of amides is 11. The first-order valence-corrected chi connectivity index (χ1v) is 34.6. The number of likely N-dealkylation sites (tertiary alicyclic amines) is 1. The van der Waals surface area contributed by atoms with Crippen molar-refractivity contribution in [1.29, 1.82) is 0 Å². The zero-order chi connectivity index (χ0) is 73.8. The number of rotatable bonds is 48. The van der Waals surface area contributed by atoms with E-state index in [1.807, 2.05) is 27.7 Å². The number of carbonyl (C=O) groups excluding carboxylic acids is 11. The summed E-state index contributed by atoms with van der Waals surface area (Å²) in [6.07, 6.45) is 3.78. The predicted octanol–water partition coefficient (Wildman–Crippen LogP) is -2.22. The van der Waals surface area contributed by atoms with E-state index in [0.29, 0.717) is 57.9 Å². The molecule has 0 aromatic heterocycles. The zero-order valence-corrected chi connectivity index (χ0v) is 59.6. The summed E-state index contributed by atoms with van der Waals surface area (Å²) in [7, 11) is 0. The molecule has 32 heteroatoms. The molecular formula is C65H122N18O14. The molecule has 32 nitrogen and oxygen atoms in total. The second kappa shape index (κ2) is 46.1. The fourth-order valence-corrected chi connectivity index (χ4v) is 11.0. The highest BCUT2D eigenvalue weighted by Crippen LogP contribution is 2.22. The van der Waals surface area contributed by atoms with Crippen LogP contribution in [0.3, 0.4) is 0 Å². The Morgan fingerprint density at radius 3 is 1.18 bits per heavy atom. The van der Waals surface area contributed by atoms with E-state index in [1.54, 1.807) is 55.4 Å². The monoisotopic (exact) mass is 1380 g/mol. The average Bonchev–Trinajstić information content (AvgIpc) is 1.76. The Kier molecular flexibility index (Phi) is 41.7. The Balaban J connectivity index is 3.58. The van der Waals surface area contributed by atoms with Gasteiger partial charge in [0.25, 0.3) is 0 Å². The molecule has 0 aliphatic carbocycles. The van der Waals surface area contributed by atoms with Crippen LogP contribution in [0.15, 0.2) is 4.99 Å². The van der Waals surface area contributed by atoms with Crippen molar-refractivity contribution >= 4 is 76.9 Å². The smallest absolute Gasteiger partial charge is 0.326 e. The molecule has 1 aliphatic heterocycles. The van der Waals surface area contributed by atoms with Crippen LogP contribution in [0, 0.1) is 35.5 Å². The number of guanidine groups is 1. The van der Waals surface area contributed by atoms with Gasteiger partial charge in [-0.25, -0.2) is 4.79 Å². The summed E-state index contributed by atoms with van der Waals surface area (Å²) in [4.78, 5) is 173. The van der Waals surface area contributed by atoms with Gasteiger partial charge in [-0.1, -0.05) is 83.1 Å². The lowest BCUT2D eigenvalue weighted by Crippen LogP contribution is -2.61. The molecule has 556 valence electrons. The van der Waals surface area contributed by atoms with Gasteiger partial charge in [0.15, 0.2) is 5.96 Å². The van der Waals surface area contributed by atoms with Crippen molar-refractivity contribution in [3.63, 3.8) is 0 Å². The number of aliphatic hydroxyl groups excluding tert-OH is 1. The minimum Gasteiger partial charge on any atom is -0.480 e. The molecule has 1 rings (SSSR count). The lowest BCUT2D eigenvalue weighted by molar-refractivity contribution is -0.143. The minimum atomic E-state index is -1.61. The molecule has 11 amide bonds. The molecule has 1 aliphatic rings. The summed E-state index contributed by atoms with van der Waals surface area (Å²) < 4.78 is 0. The van der Waals surface area contributed by atoms with Gasteiger partial charge >= 0.3 is 5.97 Å². The Labute approximate surface area is 573 Å². The van der Waals surface area contributed by atoms with Crippen LogP contribution in [0.1, 0.15) is 186 Å². The number of carboxylic acid groups (broad SMARTS) is 1. The molecule has 24 N–H and O–H groups in total. The van der Waals surface area contributed by atoms with E-state index >= 15 is 0 Å². The third-order valence-electron chi connectivity index (χ3n) is 16.4. The second-order valence-corrected chi connectivity index (χ2v) is 27.6. The molecule has 1 heterocycles. The number of hydrogen-bond donors (Lipinski definition) is 18. The number of carboxylic acids is 1. The molecule has 0 aromatic carbocycles. The molecular weight excluding hydrogens is 1260 g/mol. The van der Waals surface area contributed by atoms with Crippen LogP contribution in [-0.2, 0) is 57.5 Å². The van der Waals surface area contributed by atoms with Crippen LogP contribution in [0.5, 0.6) is 0 Å². The normalized spacial score (nSPS) is 16.5. The van der Waals surface area contributed by atoms with Gasteiger partial charge in [-0.15, -0.1) is 0 Å². The minimum absolute atomic E-state index is 0.000177. The van der Waals surface area contributed by atoms with E-state index in [-0.39, 0.29) is 101 Å². The average molecular weight is 1380 g/mol. The topological polar surface area (TPSA) is 537 Å². The second-order valence-electron chi connectivity index (χ2n) is 27.6. The van der Waals surface area contributed by atoms with Gasteiger partial charge in [0.05, 0.1) is 12.6 Å². The van der Waals surface area contributed by atoms with Gasteiger partial charge in [0, 0.05) is 13.1 Å². The predicted molar refractivity (Wildman–Crippen MR) is 368 cm³/mol. The van der Waals surface area contributed by atoms with E-state index in [2.05, 4.69) is 58.2 Å². The molecule has 12 atom stereocenters. The van der Waals surface area contributed by atoms with Gasteiger partial charge in [-0.2, -0.15) is 0 Å². The first-order valence-electron chi connectivity index (χ1n) is 34.6. The SMILES string of the molecule is CC(C)CC(N)C(=O)NC(C(=O)NC(CCCCN)C(=O)NC(C(=O)N1CCCC1C(=O)NC(CC(C)C)C(=O)NC(C(=O)NC(CCCN=C(N)N)C(=O)NC(CCCCN)C(=O)NC(CCCCN)C(=O)NC(CO)C(=O)NC(CC(C)C)C(=O)O)C(C)C)C(C)C)C(C)C. The number of nitrogens with zero attached hydrogens (tertiary/aromatic N) is 2. The number of unbranched alkanes of at least 4 members (excludes halogenated alkanes) is 3. The lowest BCUT2D eigenvalue weighted by atomic mass is 9.98. The van der Waals surface area contributed by atoms with Gasteiger partial charge in [0.2, 0.25) is 65.0 Å². The first-order chi connectivity index (χ1) is 45.5. The maximum atomic E-state index is 14.7. The van der Waals surface area contributed by atoms with Crippen LogP contribution < -0.4 is 87.6 Å². The van der Waals surface area contributed by atoms with Crippen molar-refractivity contribution < 1.29 is 67.7 Å². The number of hydrogen-bond acceptors (Lipinski definition) is 18. The van der Waals surface area contributed by atoms with Gasteiger partial charge in [0.1, 0.15) is 66.5 Å². The van der Waals surface area contributed by atoms with Crippen molar-refractivity contribution in [3.05, 3.63) is 0 Å². The highest BCUT2D eigenvalue weighted by molar-refractivity contribution is 5.99. The van der Waals surface area contributed by atoms with E-state index in [1.165, 1.54) is 4.90 Å². The van der Waals surface area contributed by atoms with Crippen molar-refractivity contribution in [3.8, 4) is 0 Å². The van der Waals surface area contributed by atoms with Crippen LogP contribution >= 0.6 is 0 Å². The lowest BCUT2D eigenvalue weighted by Gasteiger charge is -2.33. The largest absolute Gasteiger partial charge is 0.480 e. The highest BCUT2D eigenvalue weighted by atomic mass is 16.4. The fraction of sp³-hybridized carbons (Fsp3) is 0.800. The Morgan fingerprint density at radius 1 is 0.433 bits per heavy atom. The first kappa shape index (κ1) is 87.7. The van der Waals surface area contributed by atoms with Crippen LogP contribution in [0.4, 0.5) is 0 Å². The molecule has 1 saturated heterocycles. The third kappa shape index (κ3) is 32.7. The quantitative estimate of drug-likeness (QED) is 0.0174. The number of carbonyl (C=O) groups is 12. The van der Waals surface area contributed by atoms with Crippen molar-refractivity contribution in [2.75, 3.05) is 39.3 Å². The van der Waals surface area contributed by atoms with Crippen molar-refractivity contribution in [2.24, 2.45) is 74.9 Å². The van der Waals surface area contributed by atoms with E-state index in [4.69, 9.17) is 34.4 Å². The van der Waals surface area contributed by atoms with E-state index < -0.39 is 168 Å². The van der Waals surface area contributed by atoms with E-state index in [0.717, 1.165) is 0 Å². The number of nitrogens with one attached hydrogen (secondary N) is 10.